The van der Waals surface area contributed by atoms with Gasteiger partial charge in [-0.2, -0.15) is 0 Å². The average molecular weight is 269 g/mol. The minimum atomic E-state index is 0.325. The Balaban J connectivity index is 2.09. The Morgan fingerprint density at radius 2 is 1.50 bits per heavy atom. The maximum absolute atomic E-state index is 9.36. The van der Waals surface area contributed by atoms with E-state index in [1.54, 1.807) is 12.1 Å². The zero-order chi connectivity index (χ0) is 14.5. The highest BCUT2D eigenvalue weighted by Gasteiger charge is 2.15. The van der Waals surface area contributed by atoms with E-state index in [0.29, 0.717) is 17.6 Å². The molecule has 0 aliphatic heterocycles. The van der Waals surface area contributed by atoms with Crippen LogP contribution in [0.25, 0.3) is 0 Å². The molecule has 2 unspecified atom stereocenters. The number of anilines is 1. The van der Waals surface area contributed by atoms with Crippen LogP contribution in [-0.4, -0.2) is 5.11 Å². The van der Waals surface area contributed by atoms with E-state index in [9.17, 15) is 5.11 Å². The molecule has 2 rings (SSSR count). The number of hydrogen-bond acceptors (Lipinski definition) is 2. The Labute approximate surface area is 121 Å². The molecule has 2 aromatic carbocycles. The maximum Gasteiger partial charge on any atom is 0.115 e. The first-order valence-corrected chi connectivity index (χ1v) is 7.24. The Kier molecular flexibility index (Phi) is 4.67. The molecule has 20 heavy (non-hydrogen) atoms. The van der Waals surface area contributed by atoms with E-state index in [1.165, 1.54) is 11.1 Å². The van der Waals surface area contributed by atoms with E-state index in [4.69, 9.17) is 5.73 Å². The molecule has 0 aromatic heterocycles. The highest BCUT2D eigenvalue weighted by atomic mass is 16.3. The lowest BCUT2D eigenvalue weighted by atomic mass is 9.84. The summed E-state index contributed by atoms with van der Waals surface area (Å²) in [6.07, 6.45) is 2.22. The standard InChI is InChI=1S/C18H23NO/c1-3-14(16-4-8-17(19)9-5-16)12-13(2)15-6-10-18(20)11-7-15/h4-11,13-14,20H,3,12,19H2,1-2H3. The van der Waals surface area contributed by atoms with Crippen LogP contribution in [0.3, 0.4) is 0 Å². The van der Waals surface area contributed by atoms with Crippen molar-refractivity contribution in [3.63, 3.8) is 0 Å². The summed E-state index contributed by atoms with van der Waals surface area (Å²) in [6, 6.07) is 15.8. The van der Waals surface area contributed by atoms with Crippen LogP contribution < -0.4 is 5.73 Å². The first-order valence-electron chi connectivity index (χ1n) is 7.24. The quantitative estimate of drug-likeness (QED) is 0.775. The second-order valence-corrected chi connectivity index (χ2v) is 5.50. The molecule has 0 radical (unpaired) electrons. The summed E-state index contributed by atoms with van der Waals surface area (Å²) in [5.41, 5.74) is 9.19. The van der Waals surface area contributed by atoms with Crippen LogP contribution in [0.4, 0.5) is 5.69 Å². The molecule has 0 aliphatic rings. The van der Waals surface area contributed by atoms with Gasteiger partial charge in [0.2, 0.25) is 0 Å². The topological polar surface area (TPSA) is 46.2 Å². The summed E-state index contributed by atoms with van der Waals surface area (Å²) in [4.78, 5) is 0. The van der Waals surface area contributed by atoms with Gasteiger partial charge < -0.3 is 10.8 Å². The number of rotatable bonds is 5. The molecular weight excluding hydrogens is 246 g/mol. The van der Waals surface area contributed by atoms with Gasteiger partial charge in [-0.3, -0.25) is 0 Å². The smallest absolute Gasteiger partial charge is 0.115 e. The third-order valence-corrected chi connectivity index (χ3v) is 4.00. The van der Waals surface area contributed by atoms with Gasteiger partial charge in [0.1, 0.15) is 5.75 Å². The summed E-state index contributed by atoms with van der Waals surface area (Å²) < 4.78 is 0. The molecule has 0 spiro atoms. The lowest BCUT2D eigenvalue weighted by Gasteiger charge is -2.20. The SMILES string of the molecule is CCC(CC(C)c1ccc(O)cc1)c1ccc(N)cc1. The fourth-order valence-corrected chi connectivity index (χ4v) is 2.67. The number of nitrogen functional groups attached to an aromatic ring is 1. The number of benzene rings is 2. The fourth-order valence-electron chi connectivity index (χ4n) is 2.67. The van der Waals surface area contributed by atoms with Gasteiger partial charge in [-0.15, -0.1) is 0 Å². The molecule has 3 N–H and O–H groups in total. The van der Waals surface area contributed by atoms with Crippen molar-refractivity contribution in [2.45, 2.75) is 38.5 Å². The lowest BCUT2D eigenvalue weighted by Crippen LogP contribution is -2.04. The van der Waals surface area contributed by atoms with E-state index in [2.05, 4.69) is 26.0 Å². The van der Waals surface area contributed by atoms with Crippen molar-refractivity contribution in [2.75, 3.05) is 5.73 Å². The Bertz CT molecular complexity index is 530. The number of hydrogen-bond donors (Lipinski definition) is 2. The first-order chi connectivity index (χ1) is 9.60. The third-order valence-electron chi connectivity index (χ3n) is 4.00. The van der Waals surface area contributed by atoms with Crippen LogP contribution in [0.5, 0.6) is 5.75 Å². The molecule has 2 aromatic rings. The van der Waals surface area contributed by atoms with Gasteiger partial charge in [-0.05, 0) is 60.1 Å². The van der Waals surface area contributed by atoms with E-state index in [1.807, 2.05) is 24.3 Å². The second-order valence-electron chi connectivity index (χ2n) is 5.50. The molecule has 0 fully saturated rings. The van der Waals surface area contributed by atoms with E-state index in [-0.39, 0.29) is 0 Å². The Morgan fingerprint density at radius 3 is 2.05 bits per heavy atom. The number of phenols is 1. The van der Waals surface area contributed by atoms with Crippen LogP contribution in [0.2, 0.25) is 0 Å². The fraction of sp³-hybridized carbons (Fsp3) is 0.333. The zero-order valence-corrected chi connectivity index (χ0v) is 12.2. The van der Waals surface area contributed by atoms with Gasteiger partial charge in [0.25, 0.3) is 0 Å². The van der Waals surface area contributed by atoms with E-state index >= 15 is 0 Å². The van der Waals surface area contributed by atoms with Crippen LogP contribution >= 0.6 is 0 Å². The minimum absolute atomic E-state index is 0.325. The summed E-state index contributed by atoms with van der Waals surface area (Å²) in [7, 11) is 0. The van der Waals surface area contributed by atoms with Gasteiger partial charge in [0.05, 0.1) is 0 Å². The maximum atomic E-state index is 9.36. The highest BCUT2D eigenvalue weighted by Crippen LogP contribution is 2.32. The second kappa shape index (κ2) is 6.47. The molecule has 0 amide bonds. The molecule has 2 nitrogen and oxygen atoms in total. The third kappa shape index (κ3) is 3.53. The van der Waals surface area contributed by atoms with Gasteiger partial charge in [0, 0.05) is 5.69 Å². The van der Waals surface area contributed by atoms with Crippen molar-refractivity contribution in [3.05, 3.63) is 59.7 Å². The van der Waals surface area contributed by atoms with Gasteiger partial charge in [-0.25, -0.2) is 0 Å². The summed E-state index contributed by atoms with van der Waals surface area (Å²) in [5.74, 6) is 1.34. The number of phenolic OH excluding ortho intramolecular Hbond substituents is 1. The van der Waals surface area contributed by atoms with Crippen LogP contribution in [0, 0.1) is 0 Å². The molecular formula is C18H23NO. The van der Waals surface area contributed by atoms with Gasteiger partial charge in [-0.1, -0.05) is 38.1 Å². The summed E-state index contributed by atoms with van der Waals surface area (Å²) in [5, 5.41) is 9.36. The first kappa shape index (κ1) is 14.4. The molecule has 0 heterocycles. The van der Waals surface area contributed by atoms with Crippen molar-refractivity contribution < 1.29 is 5.11 Å². The molecule has 0 aliphatic carbocycles. The average Bonchev–Trinajstić information content (AvgIpc) is 2.46. The number of aromatic hydroxyl groups is 1. The van der Waals surface area contributed by atoms with Crippen molar-refractivity contribution in [2.24, 2.45) is 0 Å². The van der Waals surface area contributed by atoms with Crippen LogP contribution in [0.15, 0.2) is 48.5 Å². The van der Waals surface area contributed by atoms with E-state index in [0.717, 1.165) is 18.5 Å². The number of nitrogens with two attached hydrogens (primary N) is 1. The normalized spacial score (nSPS) is 13.9. The monoisotopic (exact) mass is 269 g/mol. The minimum Gasteiger partial charge on any atom is -0.508 e. The summed E-state index contributed by atoms with van der Waals surface area (Å²) >= 11 is 0. The lowest BCUT2D eigenvalue weighted by molar-refractivity contribution is 0.474. The predicted molar refractivity (Wildman–Crippen MR) is 85.0 cm³/mol. The Morgan fingerprint density at radius 1 is 0.950 bits per heavy atom. The summed E-state index contributed by atoms with van der Waals surface area (Å²) in [6.45, 7) is 4.47. The van der Waals surface area contributed by atoms with Crippen molar-refractivity contribution >= 4 is 5.69 Å². The molecule has 0 bridgehead atoms. The molecule has 2 heteroatoms. The molecule has 0 saturated heterocycles. The Hall–Kier alpha value is -1.96. The highest BCUT2D eigenvalue weighted by molar-refractivity contribution is 5.40. The predicted octanol–water partition coefficient (Wildman–Crippen LogP) is 4.66. The van der Waals surface area contributed by atoms with E-state index < -0.39 is 0 Å². The van der Waals surface area contributed by atoms with Crippen LogP contribution in [-0.2, 0) is 0 Å². The van der Waals surface area contributed by atoms with Gasteiger partial charge in [0.15, 0.2) is 0 Å². The van der Waals surface area contributed by atoms with Crippen LogP contribution in [0.1, 0.15) is 49.7 Å². The molecule has 0 saturated carbocycles. The van der Waals surface area contributed by atoms with Crippen molar-refractivity contribution in [3.8, 4) is 5.75 Å². The van der Waals surface area contributed by atoms with Crippen molar-refractivity contribution in [1.29, 1.82) is 0 Å². The zero-order valence-electron chi connectivity index (χ0n) is 12.2. The molecule has 2 atom stereocenters. The largest absolute Gasteiger partial charge is 0.508 e. The van der Waals surface area contributed by atoms with Gasteiger partial charge >= 0.3 is 0 Å². The molecule has 106 valence electrons. The van der Waals surface area contributed by atoms with Crippen molar-refractivity contribution in [1.82, 2.24) is 0 Å².